The minimum atomic E-state index is -1.46. The molecule has 0 bridgehead atoms. The molecule has 98 valence electrons. The van der Waals surface area contributed by atoms with E-state index in [0.717, 1.165) is 5.56 Å². The highest BCUT2D eigenvalue weighted by atomic mass is 35.5. The first-order valence-corrected chi connectivity index (χ1v) is 5.75. The van der Waals surface area contributed by atoms with Crippen molar-refractivity contribution < 1.29 is 19.8 Å². The number of aliphatic carboxylic acids is 1. The summed E-state index contributed by atoms with van der Waals surface area (Å²) < 4.78 is 0. The number of aliphatic hydroxyl groups excluding tert-OH is 1. The zero-order valence-electron chi connectivity index (χ0n) is 9.81. The number of aliphatic hydroxyl groups is 1. The molecule has 0 aromatic heterocycles. The number of benzene rings is 1. The van der Waals surface area contributed by atoms with Crippen LogP contribution in [0.5, 0.6) is 0 Å². The lowest BCUT2D eigenvalue weighted by molar-refractivity contribution is -0.146. The van der Waals surface area contributed by atoms with Crippen LogP contribution in [-0.4, -0.2) is 34.7 Å². The van der Waals surface area contributed by atoms with Crippen molar-refractivity contribution in [1.82, 2.24) is 5.32 Å². The molecule has 3 N–H and O–H groups in total. The maximum Gasteiger partial charge on any atom is 0.332 e. The Bertz CT molecular complexity index is 461. The number of hydrogen-bond donors (Lipinski definition) is 3. The van der Waals surface area contributed by atoms with Gasteiger partial charge in [0.25, 0.3) is 5.91 Å². The van der Waals surface area contributed by atoms with Crippen molar-refractivity contribution in [2.24, 2.45) is 0 Å². The zero-order valence-corrected chi connectivity index (χ0v) is 10.6. The van der Waals surface area contributed by atoms with E-state index >= 15 is 0 Å². The molecule has 18 heavy (non-hydrogen) atoms. The van der Waals surface area contributed by atoms with Gasteiger partial charge in [-0.05, 0) is 30.7 Å². The molecule has 0 aliphatic heterocycles. The topological polar surface area (TPSA) is 86.6 Å². The number of carboxylic acids is 1. The predicted octanol–water partition coefficient (Wildman–Crippen LogP) is 1.21. The second-order valence-corrected chi connectivity index (χ2v) is 4.27. The van der Waals surface area contributed by atoms with Gasteiger partial charge in [0.2, 0.25) is 0 Å². The molecular formula is C12H14ClNO4. The fourth-order valence-corrected chi connectivity index (χ4v) is 1.45. The monoisotopic (exact) mass is 271 g/mol. The average molecular weight is 272 g/mol. The SMILES string of the molecule is Cc1cc(C(=O)NCC[C@H](O)C(=O)O)ccc1Cl. The molecule has 5 nitrogen and oxygen atoms in total. The Morgan fingerprint density at radius 3 is 2.67 bits per heavy atom. The maximum absolute atomic E-state index is 11.7. The maximum atomic E-state index is 11.7. The van der Waals surface area contributed by atoms with Crippen molar-refractivity contribution in [3.63, 3.8) is 0 Å². The smallest absolute Gasteiger partial charge is 0.332 e. The highest BCUT2D eigenvalue weighted by Gasteiger charge is 2.13. The third-order valence-corrected chi connectivity index (χ3v) is 2.83. The van der Waals surface area contributed by atoms with Crippen molar-refractivity contribution in [2.75, 3.05) is 6.54 Å². The van der Waals surface area contributed by atoms with E-state index in [1.54, 1.807) is 25.1 Å². The van der Waals surface area contributed by atoms with Crippen LogP contribution in [0.15, 0.2) is 18.2 Å². The normalized spacial score (nSPS) is 11.9. The summed E-state index contributed by atoms with van der Waals surface area (Å²) in [6.45, 7) is 1.88. The molecule has 0 heterocycles. The van der Waals surface area contributed by atoms with Gasteiger partial charge in [-0.15, -0.1) is 0 Å². The van der Waals surface area contributed by atoms with Crippen LogP contribution < -0.4 is 5.32 Å². The predicted molar refractivity (Wildman–Crippen MR) is 66.8 cm³/mol. The molecule has 1 atom stereocenters. The number of carbonyl (C=O) groups is 2. The lowest BCUT2D eigenvalue weighted by atomic mass is 10.1. The zero-order chi connectivity index (χ0) is 13.7. The molecular weight excluding hydrogens is 258 g/mol. The summed E-state index contributed by atoms with van der Waals surface area (Å²) in [5, 5.41) is 20.6. The number of carbonyl (C=O) groups excluding carboxylic acids is 1. The van der Waals surface area contributed by atoms with E-state index in [9.17, 15) is 9.59 Å². The summed E-state index contributed by atoms with van der Waals surface area (Å²) in [6, 6.07) is 4.85. The molecule has 0 aliphatic carbocycles. The van der Waals surface area contributed by atoms with Crippen LogP contribution in [0.25, 0.3) is 0 Å². The third kappa shape index (κ3) is 4.01. The second kappa shape index (κ2) is 6.37. The van der Waals surface area contributed by atoms with E-state index < -0.39 is 12.1 Å². The number of halogens is 1. The molecule has 0 saturated heterocycles. The van der Waals surface area contributed by atoms with Crippen molar-refractivity contribution in [1.29, 1.82) is 0 Å². The Balaban J connectivity index is 2.50. The van der Waals surface area contributed by atoms with Gasteiger partial charge in [-0.2, -0.15) is 0 Å². The molecule has 0 saturated carbocycles. The molecule has 0 radical (unpaired) electrons. The average Bonchev–Trinajstić information content (AvgIpc) is 2.32. The number of carboxylic acid groups (broad SMARTS) is 1. The molecule has 1 amide bonds. The van der Waals surface area contributed by atoms with E-state index in [2.05, 4.69) is 5.32 Å². The molecule has 0 unspecified atom stereocenters. The number of hydrogen-bond acceptors (Lipinski definition) is 3. The largest absolute Gasteiger partial charge is 0.479 e. The van der Waals surface area contributed by atoms with E-state index in [1.165, 1.54) is 0 Å². The van der Waals surface area contributed by atoms with Gasteiger partial charge in [0, 0.05) is 23.6 Å². The number of amides is 1. The van der Waals surface area contributed by atoms with Crippen LogP contribution in [0.2, 0.25) is 5.02 Å². The van der Waals surface area contributed by atoms with E-state index in [4.69, 9.17) is 21.8 Å². The van der Waals surface area contributed by atoms with E-state index in [0.29, 0.717) is 10.6 Å². The molecule has 1 aromatic rings. The quantitative estimate of drug-likeness (QED) is 0.751. The summed E-state index contributed by atoms with van der Waals surface area (Å²) in [5.41, 5.74) is 1.23. The summed E-state index contributed by atoms with van der Waals surface area (Å²) in [6.07, 6.45) is -1.49. The molecule has 1 aromatic carbocycles. The molecule has 6 heteroatoms. The van der Waals surface area contributed by atoms with Crippen LogP contribution in [-0.2, 0) is 4.79 Å². The highest BCUT2D eigenvalue weighted by Crippen LogP contribution is 2.16. The van der Waals surface area contributed by atoms with Crippen molar-refractivity contribution in [3.05, 3.63) is 34.3 Å². The Morgan fingerprint density at radius 2 is 2.11 bits per heavy atom. The minimum absolute atomic E-state index is 0.0341. The minimum Gasteiger partial charge on any atom is -0.479 e. The van der Waals surface area contributed by atoms with Gasteiger partial charge in [-0.3, -0.25) is 4.79 Å². The van der Waals surface area contributed by atoms with Gasteiger partial charge >= 0.3 is 5.97 Å². The first-order valence-electron chi connectivity index (χ1n) is 5.37. The van der Waals surface area contributed by atoms with Crippen LogP contribution >= 0.6 is 11.6 Å². The molecule has 0 fully saturated rings. The Kier molecular flexibility index (Phi) is 5.12. The van der Waals surface area contributed by atoms with Crippen molar-refractivity contribution >= 4 is 23.5 Å². The van der Waals surface area contributed by atoms with Gasteiger partial charge < -0.3 is 15.5 Å². The Labute approximate surface area is 109 Å². The van der Waals surface area contributed by atoms with Crippen LogP contribution in [0.1, 0.15) is 22.3 Å². The number of aryl methyl sites for hydroxylation is 1. The first-order chi connectivity index (χ1) is 8.41. The third-order valence-electron chi connectivity index (χ3n) is 2.41. The summed E-state index contributed by atoms with van der Waals surface area (Å²) in [4.78, 5) is 22.0. The van der Waals surface area contributed by atoms with Crippen LogP contribution in [0, 0.1) is 6.92 Å². The first kappa shape index (κ1) is 14.5. The summed E-state index contributed by atoms with van der Waals surface area (Å²) in [7, 11) is 0. The Hall–Kier alpha value is -1.59. The van der Waals surface area contributed by atoms with Crippen molar-refractivity contribution in [3.8, 4) is 0 Å². The van der Waals surface area contributed by atoms with Gasteiger partial charge in [-0.25, -0.2) is 4.79 Å². The lowest BCUT2D eigenvalue weighted by Gasteiger charge is -2.08. The highest BCUT2D eigenvalue weighted by molar-refractivity contribution is 6.31. The lowest BCUT2D eigenvalue weighted by Crippen LogP contribution is -2.30. The fourth-order valence-electron chi connectivity index (χ4n) is 1.33. The van der Waals surface area contributed by atoms with Gasteiger partial charge in [0.1, 0.15) is 0 Å². The molecule has 0 spiro atoms. The van der Waals surface area contributed by atoms with Gasteiger partial charge in [-0.1, -0.05) is 11.6 Å². The van der Waals surface area contributed by atoms with E-state index in [-0.39, 0.29) is 18.9 Å². The van der Waals surface area contributed by atoms with Crippen molar-refractivity contribution in [2.45, 2.75) is 19.4 Å². The van der Waals surface area contributed by atoms with Gasteiger partial charge in [0.05, 0.1) is 0 Å². The number of nitrogens with one attached hydrogen (secondary N) is 1. The molecule has 1 rings (SSSR count). The molecule has 0 aliphatic rings. The van der Waals surface area contributed by atoms with E-state index in [1.807, 2.05) is 0 Å². The fraction of sp³-hybridized carbons (Fsp3) is 0.333. The van der Waals surface area contributed by atoms with Gasteiger partial charge in [0.15, 0.2) is 6.10 Å². The van der Waals surface area contributed by atoms with Crippen LogP contribution in [0.3, 0.4) is 0 Å². The Morgan fingerprint density at radius 1 is 1.44 bits per heavy atom. The number of rotatable bonds is 5. The second-order valence-electron chi connectivity index (χ2n) is 3.86. The summed E-state index contributed by atoms with van der Waals surface area (Å²) in [5.74, 6) is -1.63. The summed E-state index contributed by atoms with van der Waals surface area (Å²) >= 11 is 5.84. The van der Waals surface area contributed by atoms with Crippen LogP contribution in [0.4, 0.5) is 0 Å². The standard InChI is InChI=1S/C12H14ClNO4/c1-7-6-8(2-3-9(7)13)11(16)14-5-4-10(15)12(17)18/h2-3,6,10,15H,4-5H2,1H3,(H,14,16)(H,17,18)/t10-/m0/s1.